The van der Waals surface area contributed by atoms with Gasteiger partial charge in [0.05, 0.1) is 24.8 Å². The average Bonchev–Trinajstić information content (AvgIpc) is 3.67. The smallest absolute Gasteiger partial charge is 0.324 e. The Kier molecular flexibility index (Phi) is 10.3. The van der Waals surface area contributed by atoms with Crippen LogP contribution in [0.1, 0.15) is 126 Å². The SMILES string of the molecule is C=C(C)[C@@H]1CC[C@]2(NCCN3CCS(=O)(=O)CC3C(=O)OCC)CC[C@]3(C)[C@H](CC[C@]45C6C(CC[C@]43C)C(C)(C)/C(C3=CC[C@H](CF)CC3)=C\C[C@H](C)C65)[C@@H]12. The summed E-state index contributed by atoms with van der Waals surface area (Å²) in [6.07, 6.45) is 19.2. The zero-order chi connectivity index (χ0) is 39.3. The van der Waals surface area contributed by atoms with E-state index in [2.05, 4.69) is 70.5 Å². The van der Waals surface area contributed by atoms with Crippen molar-refractivity contribution in [2.24, 2.45) is 69.0 Å². The van der Waals surface area contributed by atoms with Gasteiger partial charge in [-0.25, -0.2) is 8.42 Å². The van der Waals surface area contributed by atoms with Gasteiger partial charge in [-0.05, 0) is 171 Å². The number of allylic oxidation sites excluding steroid dienone is 5. The van der Waals surface area contributed by atoms with Gasteiger partial charge >= 0.3 is 5.97 Å². The molecule has 1 N–H and O–H groups in total. The van der Waals surface area contributed by atoms with Crippen LogP contribution in [-0.2, 0) is 19.4 Å². The third-order valence-electron chi connectivity index (χ3n) is 18.9. The van der Waals surface area contributed by atoms with E-state index in [0.29, 0.717) is 53.5 Å². The van der Waals surface area contributed by atoms with Crippen LogP contribution in [0.15, 0.2) is 35.5 Å². The first-order valence-electron chi connectivity index (χ1n) is 22.5. The van der Waals surface area contributed by atoms with Crippen molar-refractivity contribution in [2.75, 3.05) is 44.4 Å². The van der Waals surface area contributed by atoms with E-state index in [9.17, 15) is 17.6 Å². The monoisotopic (exact) mass is 781 g/mol. The third-order valence-corrected chi connectivity index (χ3v) is 20.6. The van der Waals surface area contributed by atoms with Crippen LogP contribution < -0.4 is 5.32 Å². The summed E-state index contributed by atoms with van der Waals surface area (Å²) < 4.78 is 44.1. The van der Waals surface area contributed by atoms with E-state index < -0.39 is 21.8 Å². The molecule has 7 aliphatic carbocycles. The van der Waals surface area contributed by atoms with E-state index >= 15 is 0 Å². The summed E-state index contributed by atoms with van der Waals surface area (Å²) in [6, 6.07) is -0.720. The second kappa shape index (κ2) is 14.1. The average molecular weight is 781 g/mol. The quantitative estimate of drug-likeness (QED) is 0.186. The molecule has 8 aliphatic rings. The van der Waals surface area contributed by atoms with Crippen molar-refractivity contribution in [1.29, 1.82) is 0 Å². The van der Waals surface area contributed by atoms with Crippen LogP contribution in [0.5, 0.6) is 0 Å². The molecule has 5 saturated carbocycles. The molecule has 13 atom stereocenters. The van der Waals surface area contributed by atoms with Crippen molar-refractivity contribution < 1.29 is 22.3 Å². The molecule has 0 aromatic heterocycles. The van der Waals surface area contributed by atoms with E-state index in [4.69, 9.17) is 4.74 Å². The fourth-order valence-corrected chi connectivity index (χ4v) is 17.6. The van der Waals surface area contributed by atoms with Crippen molar-refractivity contribution in [2.45, 2.75) is 137 Å². The minimum atomic E-state index is -3.26. The molecule has 0 amide bonds. The molecule has 1 aliphatic heterocycles. The summed E-state index contributed by atoms with van der Waals surface area (Å²) in [4.78, 5) is 15.0. The van der Waals surface area contributed by atoms with E-state index in [-0.39, 0.29) is 47.1 Å². The summed E-state index contributed by atoms with van der Waals surface area (Å²) in [6.45, 7) is 23.8. The van der Waals surface area contributed by atoms with E-state index in [0.717, 1.165) is 44.1 Å². The lowest BCUT2D eigenvalue weighted by Gasteiger charge is -2.68. The van der Waals surface area contributed by atoms with Crippen LogP contribution in [0, 0.1) is 69.0 Å². The first-order chi connectivity index (χ1) is 26.0. The highest BCUT2D eigenvalue weighted by molar-refractivity contribution is 7.91. The van der Waals surface area contributed by atoms with E-state index in [1.165, 1.54) is 62.5 Å². The maximum absolute atomic E-state index is 13.6. The zero-order valence-corrected chi connectivity index (χ0v) is 36.2. The van der Waals surface area contributed by atoms with Gasteiger partial charge in [0.15, 0.2) is 9.84 Å². The zero-order valence-electron chi connectivity index (χ0n) is 35.4. The number of fused-ring (bicyclic) bond motifs is 4. The Hall–Kier alpha value is -1.51. The largest absolute Gasteiger partial charge is 0.465 e. The van der Waals surface area contributed by atoms with Gasteiger partial charge in [0.25, 0.3) is 0 Å². The van der Waals surface area contributed by atoms with E-state index in [1.807, 2.05) is 0 Å². The molecule has 1 heterocycles. The number of nitrogens with zero attached hydrogens (tertiary/aromatic N) is 1. The van der Waals surface area contributed by atoms with Crippen LogP contribution in [0.2, 0.25) is 0 Å². The Morgan fingerprint density at radius 3 is 2.44 bits per heavy atom. The number of sulfone groups is 1. The number of rotatable bonds is 9. The van der Waals surface area contributed by atoms with Gasteiger partial charge < -0.3 is 10.1 Å². The van der Waals surface area contributed by atoms with Crippen molar-refractivity contribution >= 4 is 15.8 Å². The van der Waals surface area contributed by atoms with E-state index in [1.54, 1.807) is 12.5 Å². The molecule has 8 heteroatoms. The Morgan fingerprint density at radius 1 is 0.982 bits per heavy atom. The number of alkyl halides is 1. The summed E-state index contributed by atoms with van der Waals surface area (Å²) >= 11 is 0. The summed E-state index contributed by atoms with van der Waals surface area (Å²) in [5, 5.41) is 4.19. The van der Waals surface area contributed by atoms with Crippen molar-refractivity contribution in [3.05, 3.63) is 35.5 Å². The molecule has 0 aromatic carbocycles. The highest BCUT2D eigenvalue weighted by Gasteiger charge is 2.83. The van der Waals surface area contributed by atoms with Gasteiger partial charge in [0.2, 0.25) is 0 Å². The topological polar surface area (TPSA) is 75.7 Å². The van der Waals surface area contributed by atoms with Gasteiger partial charge in [0.1, 0.15) is 6.04 Å². The fourth-order valence-electron chi connectivity index (χ4n) is 16.1. The predicted octanol–water partition coefficient (Wildman–Crippen LogP) is 9.13. The molecule has 308 valence electrons. The van der Waals surface area contributed by atoms with Crippen LogP contribution in [-0.4, -0.2) is 75.3 Å². The van der Waals surface area contributed by atoms with Crippen LogP contribution in [0.4, 0.5) is 4.39 Å². The number of ether oxygens (including phenoxy) is 1. The lowest BCUT2D eigenvalue weighted by Crippen LogP contribution is -2.66. The molecule has 1 saturated heterocycles. The number of esters is 1. The lowest BCUT2D eigenvalue weighted by atomic mass is 9.37. The van der Waals surface area contributed by atoms with Gasteiger partial charge in [-0.1, -0.05) is 58.9 Å². The number of nitrogens with one attached hydrogen (secondary N) is 1. The highest BCUT2D eigenvalue weighted by atomic mass is 32.2. The first-order valence-corrected chi connectivity index (χ1v) is 24.3. The molecule has 55 heavy (non-hydrogen) atoms. The second-order valence-electron chi connectivity index (χ2n) is 21.2. The second-order valence-corrected chi connectivity index (χ2v) is 23.5. The molecule has 0 bridgehead atoms. The summed E-state index contributed by atoms with van der Waals surface area (Å²) in [5.41, 5.74) is 5.61. The number of carbonyl (C=O) groups is 1. The lowest BCUT2D eigenvalue weighted by molar-refractivity contribution is -0.188. The van der Waals surface area contributed by atoms with Gasteiger partial charge in [-0.15, -0.1) is 0 Å². The van der Waals surface area contributed by atoms with Gasteiger partial charge in [-0.3, -0.25) is 14.1 Å². The predicted molar refractivity (Wildman–Crippen MR) is 220 cm³/mol. The summed E-state index contributed by atoms with van der Waals surface area (Å²) in [5.74, 6) is 4.39. The van der Waals surface area contributed by atoms with Crippen LogP contribution >= 0.6 is 0 Å². The highest BCUT2D eigenvalue weighted by Crippen LogP contribution is 2.88. The molecule has 0 radical (unpaired) electrons. The van der Waals surface area contributed by atoms with Crippen molar-refractivity contribution in [3.8, 4) is 0 Å². The van der Waals surface area contributed by atoms with Gasteiger partial charge in [0, 0.05) is 25.2 Å². The summed E-state index contributed by atoms with van der Waals surface area (Å²) in [7, 11) is -3.26. The maximum atomic E-state index is 13.6. The van der Waals surface area contributed by atoms with Crippen molar-refractivity contribution in [3.63, 3.8) is 0 Å². The first kappa shape index (κ1) is 40.3. The molecule has 0 aromatic rings. The normalized spacial score (nSPS) is 48.0. The van der Waals surface area contributed by atoms with Crippen molar-refractivity contribution in [1.82, 2.24) is 10.2 Å². The standard InChI is InChI=1S/C47H73FN2O4S/c1-9-54-42(51)38-29-55(52,53)27-26-50(38)25-24-49-46-20-16-34(30(2)3)40(46)37-18-21-47-39-31(4)10-15-35(33-13-11-32(28-48)12-14-33)43(5,6)36(41(39)47)17-19-45(47,8)44(37,7)22-23-46/h13,15,31-32,34,36-41,49H,2,9-12,14,16-29H2,1,3-8H3/b35-15-/t31-,32-,34-,36?,37+,38?,39?,40+,41?,44+,45-,46-,47-/m0/s1. The minimum Gasteiger partial charge on any atom is -0.465 e. The molecule has 6 fully saturated rings. The Morgan fingerprint density at radius 2 is 1.75 bits per heavy atom. The third kappa shape index (κ3) is 5.99. The minimum absolute atomic E-state index is 0.0431. The Labute approximate surface area is 333 Å². The molecule has 1 spiro atoms. The van der Waals surface area contributed by atoms with Crippen LogP contribution in [0.3, 0.4) is 0 Å². The fraction of sp³-hybridized carbons (Fsp3) is 0.851. The molecule has 6 nitrogen and oxygen atoms in total. The molecular formula is C47H73FN2O4S. The Balaban J connectivity index is 1.05. The number of hydrogen-bond acceptors (Lipinski definition) is 6. The number of carbonyl (C=O) groups excluding carboxylic acids is 1. The van der Waals surface area contributed by atoms with Gasteiger partial charge in [-0.2, -0.15) is 0 Å². The molecular weight excluding hydrogens is 708 g/mol. The molecule has 4 unspecified atom stereocenters. The maximum Gasteiger partial charge on any atom is 0.324 e. The number of halogens is 1. The Bertz CT molecular complexity index is 1720. The molecule has 8 rings (SSSR count). The van der Waals surface area contributed by atoms with Crippen LogP contribution in [0.25, 0.3) is 0 Å². The number of hydrogen-bond donors (Lipinski definition) is 1.